The third kappa shape index (κ3) is 2.49. The van der Waals surface area contributed by atoms with Crippen LogP contribution in [0.1, 0.15) is 36.2 Å². The van der Waals surface area contributed by atoms with Gasteiger partial charge in [-0.3, -0.25) is 9.69 Å². The van der Waals surface area contributed by atoms with Gasteiger partial charge in [0, 0.05) is 32.2 Å². The summed E-state index contributed by atoms with van der Waals surface area (Å²) in [5, 5.41) is 7.22. The Morgan fingerprint density at radius 1 is 1.37 bits per heavy atom. The van der Waals surface area contributed by atoms with Crippen molar-refractivity contribution < 1.29 is 4.79 Å². The van der Waals surface area contributed by atoms with E-state index in [1.807, 2.05) is 0 Å². The Morgan fingerprint density at radius 2 is 2.11 bits per heavy atom. The van der Waals surface area contributed by atoms with Gasteiger partial charge in [0.2, 0.25) is 5.82 Å². The Kier molecular flexibility index (Phi) is 3.05. The number of nitrogens with one attached hydrogen (secondary N) is 1. The van der Waals surface area contributed by atoms with E-state index in [0.717, 1.165) is 19.1 Å². The molecule has 2 heterocycles. The molecule has 19 heavy (non-hydrogen) atoms. The number of aromatic nitrogens is 3. The van der Waals surface area contributed by atoms with E-state index in [2.05, 4.69) is 27.2 Å². The van der Waals surface area contributed by atoms with E-state index in [1.54, 1.807) is 18.7 Å². The maximum atomic E-state index is 12.2. The first-order valence-electron chi connectivity index (χ1n) is 6.97. The molecule has 2 atom stereocenters. The largest absolute Gasteiger partial charge is 0.345 e. The zero-order chi connectivity index (χ0) is 13.6. The van der Waals surface area contributed by atoms with E-state index >= 15 is 0 Å². The number of likely N-dealkylation sites (tertiary alicyclic amines) is 1. The minimum atomic E-state index is -0.113. The lowest BCUT2D eigenvalue weighted by Crippen LogP contribution is -2.41. The quantitative estimate of drug-likeness (QED) is 0.854. The summed E-state index contributed by atoms with van der Waals surface area (Å²) in [4.78, 5) is 18.9. The lowest BCUT2D eigenvalue weighted by molar-refractivity contribution is 0.0916. The lowest BCUT2D eigenvalue weighted by Gasteiger charge is -2.16. The molecule has 0 bridgehead atoms. The Labute approximate surface area is 113 Å². The molecule has 0 radical (unpaired) electrons. The number of hydrogen-bond acceptors (Lipinski definition) is 4. The van der Waals surface area contributed by atoms with Crippen LogP contribution in [0, 0.1) is 12.8 Å². The summed E-state index contributed by atoms with van der Waals surface area (Å²) in [6.45, 7) is 6.06. The minimum absolute atomic E-state index is 0.113. The minimum Gasteiger partial charge on any atom is -0.345 e. The van der Waals surface area contributed by atoms with Gasteiger partial charge in [0.25, 0.3) is 5.91 Å². The molecular weight excluding hydrogens is 242 g/mol. The van der Waals surface area contributed by atoms with Gasteiger partial charge in [0.1, 0.15) is 5.82 Å². The van der Waals surface area contributed by atoms with E-state index in [1.165, 1.54) is 12.8 Å². The van der Waals surface area contributed by atoms with Gasteiger partial charge < -0.3 is 5.32 Å². The highest BCUT2D eigenvalue weighted by Crippen LogP contribution is 2.31. The van der Waals surface area contributed by atoms with Crippen molar-refractivity contribution in [3.63, 3.8) is 0 Å². The van der Waals surface area contributed by atoms with Crippen molar-refractivity contribution in [1.82, 2.24) is 25.0 Å². The first-order chi connectivity index (χ1) is 9.04. The molecule has 0 spiro atoms. The van der Waals surface area contributed by atoms with Crippen molar-refractivity contribution in [3.05, 3.63) is 11.6 Å². The van der Waals surface area contributed by atoms with E-state index in [0.29, 0.717) is 17.6 Å². The summed E-state index contributed by atoms with van der Waals surface area (Å²) in [5.74, 6) is 1.41. The molecule has 1 aliphatic heterocycles. The van der Waals surface area contributed by atoms with Crippen molar-refractivity contribution in [2.45, 2.75) is 38.8 Å². The van der Waals surface area contributed by atoms with Gasteiger partial charge in [0.05, 0.1) is 0 Å². The second-order valence-corrected chi connectivity index (χ2v) is 5.85. The fraction of sp³-hybridized carbons (Fsp3) is 0.769. The van der Waals surface area contributed by atoms with Gasteiger partial charge in [-0.25, -0.2) is 9.67 Å². The molecule has 1 aromatic rings. The summed E-state index contributed by atoms with van der Waals surface area (Å²) in [5.41, 5.74) is 0. The van der Waals surface area contributed by atoms with Gasteiger partial charge >= 0.3 is 0 Å². The molecule has 0 aromatic carbocycles. The van der Waals surface area contributed by atoms with Crippen LogP contribution in [0.2, 0.25) is 0 Å². The van der Waals surface area contributed by atoms with E-state index in [9.17, 15) is 4.79 Å². The SMILES string of the molecule is Cc1nc(C(=O)NC2CN(C3CC3)CC2C)n(C)n1. The van der Waals surface area contributed by atoms with Crippen LogP contribution in [-0.2, 0) is 7.05 Å². The van der Waals surface area contributed by atoms with Crippen LogP contribution in [0.3, 0.4) is 0 Å². The summed E-state index contributed by atoms with van der Waals surface area (Å²) in [7, 11) is 1.75. The normalized spacial score (nSPS) is 27.7. The highest BCUT2D eigenvalue weighted by Gasteiger charge is 2.38. The number of carbonyl (C=O) groups is 1. The van der Waals surface area contributed by atoms with E-state index in [-0.39, 0.29) is 11.9 Å². The smallest absolute Gasteiger partial charge is 0.289 e. The molecule has 1 aromatic heterocycles. The number of rotatable bonds is 3. The molecular formula is C13H21N5O. The molecule has 1 amide bonds. The Balaban J connectivity index is 1.64. The molecule has 1 saturated carbocycles. The van der Waals surface area contributed by atoms with Crippen LogP contribution in [0.15, 0.2) is 0 Å². The number of hydrogen-bond donors (Lipinski definition) is 1. The highest BCUT2D eigenvalue weighted by atomic mass is 16.2. The molecule has 1 saturated heterocycles. The lowest BCUT2D eigenvalue weighted by atomic mass is 10.1. The predicted molar refractivity (Wildman–Crippen MR) is 70.8 cm³/mol. The van der Waals surface area contributed by atoms with Crippen LogP contribution in [0.4, 0.5) is 0 Å². The average molecular weight is 263 g/mol. The molecule has 1 N–H and O–H groups in total. The Hall–Kier alpha value is -1.43. The molecule has 2 unspecified atom stereocenters. The predicted octanol–water partition coefficient (Wildman–Crippen LogP) is 0.336. The summed E-state index contributed by atoms with van der Waals surface area (Å²) >= 11 is 0. The molecule has 6 nitrogen and oxygen atoms in total. The second kappa shape index (κ2) is 4.59. The van der Waals surface area contributed by atoms with Gasteiger partial charge in [-0.05, 0) is 25.7 Å². The van der Waals surface area contributed by atoms with Crippen LogP contribution < -0.4 is 5.32 Å². The molecule has 1 aliphatic carbocycles. The summed E-state index contributed by atoms with van der Waals surface area (Å²) in [6.07, 6.45) is 2.63. The third-order valence-corrected chi connectivity index (χ3v) is 4.09. The fourth-order valence-corrected chi connectivity index (χ4v) is 2.87. The van der Waals surface area contributed by atoms with Crippen molar-refractivity contribution in [1.29, 1.82) is 0 Å². The molecule has 3 rings (SSSR count). The van der Waals surface area contributed by atoms with Crippen LogP contribution in [-0.4, -0.2) is 50.7 Å². The molecule has 2 aliphatic rings. The number of carbonyl (C=O) groups excluding carboxylic acids is 1. The van der Waals surface area contributed by atoms with Crippen LogP contribution >= 0.6 is 0 Å². The number of nitrogens with zero attached hydrogens (tertiary/aromatic N) is 4. The van der Waals surface area contributed by atoms with E-state index < -0.39 is 0 Å². The summed E-state index contributed by atoms with van der Waals surface area (Å²) < 4.78 is 1.54. The van der Waals surface area contributed by atoms with Gasteiger partial charge in [-0.2, -0.15) is 5.10 Å². The maximum Gasteiger partial charge on any atom is 0.289 e. The Morgan fingerprint density at radius 3 is 2.68 bits per heavy atom. The van der Waals surface area contributed by atoms with Gasteiger partial charge in [-0.15, -0.1) is 0 Å². The molecule has 2 fully saturated rings. The topological polar surface area (TPSA) is 63.1 Å². The van der Waals surface area contributed by atoms with Crippen molar-refractivity contribution in [2.75, 3.05) is 13.1 Å². The maximum absolute atomic E-state index is 12.2. The average Bonchev–Trinajstić information content (AvgIpc) is 3.05. The van der Waals surface area contributed by atoms with Gasteiger partial charge in [-0.1, -0.05) is 6.92 Å². The number of amides is 1. The van der Waals surface area contributed by atoms with E-state index in [4.69, 9.17) is 0 Å². The number of aryl methyl sites for hydroxylation is 2. The third-order valence-electron chi connectivity index (χ3n) is 4.09. The summed E-state index contributed by atoms with van der Waals surface area (Å²) in [6, 6.07) is 0.992. The monoisotopic (exact) mass is 263 g/mol. The van der Waals surface area contributed by atoms with Crippen LogP contribution in [0.25, 0.3) is 0 Å². The molecule has 104 valence electrons. The van der Waals surface area contributed by atoms with Crippen LogP contribution in [0.5, 0.6) is 0 Å². The van der Waals surface area contributed by atoms with Crippen molar-refractivity contribution in [2.24, 2.45) is 13.0 Å². The fourth-order valence-electron chi connectivity index (χ4n) is 2.87. The van der Waals surface area contributed by atoms with Crippen molar-refractivity contribution >= 4 is 5.91 Å². The first kappa shape index (κ1) is 12.6. The second-order valence-electron chi connectivity index (χ2n) is 5.85. The molecule has 6 heteroatoms. The first-order valence-corrected chi connectivity index (χ1v) is 6.97. The zero-order valence-corrected chi connectivity index (χ0v) is 11.8. The zero-order valence-electron chi connectivity index (χ0n) is 11.8. The van der Waals surface area contributed by atoms with Crippen molar-refractivity contribution in [3.8, 4) is 0 Å². The highest BCUT2D eigenvalue weighted by molar-refractivity contribution is 5.90. The van der Waals surface area contributed by atoms with Gasteiger partial charge in [0.15, 0.2) is 0 Å². The standard InChI is InChI=1S/C13H21N5O/c1-8-6-18(10-4-5-10)7-11(8)15-13(19)12-14-9(2)16-17(12)3/h8,10-11H,4-7H2,1-3H3,(H,15,19). The Bertz CT molecular complexity index is 493.